The van der Waals surface area contributed by atoms with Crippen molar-refractivity contribution in [3.63, 3.8) is 0 Å². The summed E-state index contributed by atoms with van der Waals surface area (Å²) in [4.78, 5) is 37.5. The van der Waals surface area contributed by atoms with E-state index in [1.165, 1.54) is 12.6 Å². The van der Waals surface area contributed by atoms with Gasteiger partial charge < -0.3 is 10.0 Å². The van der Waals surface area contributed by atoms with Gasteiger partial charge in [0.15, 0.2) is 0 Å². The molecule has 2 aromatic rings. The van der Waals surface area contributed by atoms with Crippen LogP contribution in [0.15, 0.2) is 41.3 Å². The largest absolute Gasteiger partial charge is 0.464 e. The molecular formula is C19H20N2O4. The number of hydrogen-bond acceptors (Lipinski definition) is 3. The van der Waals surface area contributed by atoms with Crippen molar-refractivity contribution in [3.8, 4) is 11.1 Å². The minimum absolute atomic E-state index is 0.0317. The van der Waals surface area contributed by atoms with Gasteiger partial charge in [-0.1, -0.05) is 12.1 Å². The second-order valence-corrected chi connectivity index (χ2v) is 6.24. The predicted octanol–water partition coefficient (Wildman–Crippen LogP) is 2.98. The van der Waals surface area contributed by atoms with E-state index in [0.29, 0.717) is 21.3 Å². The summed E-state index contributed by atoms with van der Waals surface area (Å²) in [6, 6.07) is 8.71. The third kappa shape index (κ3) is 3.33. The van der Waals surface area contributed by atoms with Gasteiger partial charge in [0, 0.05) is 30.4 Å². The maximum atomic E-state index is 12.5. The van der Waals surface area contributed by atoms with Crippen molar-refractivity contribution < 1.29 is 14.7 Å². The normalized spacial score (nSPS) is 14.4. The molecule has 0 aliphatic carbocycles. The molecule has 2 heterocycles. The molecule has 1 aliphatic heterocycles. The summed E-state index contributed by atoms with van der Waals surface area (Å²) < 4.78 is 0.660. The van der Waals surface area contributed by atoms with Gasteiger partial charge in [0.1, 0.15) is 0 Å². The number of benzene rings is 1. The molecule has 0 saturated carbocycles. The fourth-order valence-electron chi connectivity index (χ4n) is 3.17. The van der Waals surface area contributed by atoms with Crippen LogP contribution in [0.1, 0.15) is 35.2 Å². The summed E-state index contributed by atoms with van der Waals surface area (Å²) in [6.07, 6.45) is 3.21. The highest BCUT2D eigenvalue weighted by Gasteiger charge is 2.18. The summed E-state index contributed by atoms with van der Waals surface area (Å²) in [5, 5.41) is 8.99. The summed E-state index contributed by atoms with van der Waals surface area (Å²) >= 11 is 0. The van der Waals surface area contributed by atoms with E-state index in [1.807, 2.05) is 4.90 Å². The molecule has 0 unspecified atom stereocenters. The molecule has 6 heteroatoms. The number of carbonyl (C=O) groups is 2. The quantitative estimate of drug-likeness (QED) is 0.911. The first-order valence-electron chi connectivity index (χ1n) is 8.34. The van der Waals surface area contributed by atoms with Gasteiger partial charge in [-0.2, -0.15) is 0 Å². The van der Waals surface area contributed by atoms with Crippen LogP contribution < -0.4 is 5.56 Å². The molecule has 0 spiro atoms. The van der Waals surface area contributed by atoms with Gasteiger partial charge in [-0.3, -0.25) is 9.59 Å². The highest BCUT2D eigenvalue weighted by atomic mass is 16.4. The predicted molar refractivity (Wildman–Crippen MR) is 94.1 cm³/mol. The number of pyridine rings is 1. The van der Waals surface area contributed by atoms with Crippen LogP contribution >= 0.6 is 0 Å². The first-order valence-corrected chi connectivity index (χ1v) is 8.34. The molecule has 6 nitrogen and oxygen atoms in total. The molecule has 1 aliphatic rings. The van der Waals surface area contributed by atoms with Crippen molar-refractivity contribution in [2.24, 2.45) is 0 Å². The van der Waals surface area contributed by atoms with E-state index in [1.54, 1.807) is 37.3 Å². The Balaban J connectivity index is 1.88. The number of likely N-dealkylation sites (tertiary alicyclic amines) is 1. The number of hydrogen-bond donors (Lipinski definition) is 1. The standard InChI is InChI=1S/C19H20N2O4/c1-13-16(9-12-21(17(13)22)19(24)25)14-5-7-15(8-6-14)18(23)20-10-3-2-4-11-20/h5-9,12H,2-4,10-11H2,1H3,(H,24,25). The van der Waals surface area contributed by atoms with Crippen molar-refractivity contribution in [1.82, 2.24) is 9.47 Å². The maximum absolute atomic E-state index is 12.5. The fourth-order valence-corrected chi connectivity index (χ4v) is 3.17. The van der Waals surface area contributed by atoms with E-state index in [2.05, 4.69) is 0 Å². The van der Waals surface area contributed by atoms with Gasteiger partial charge in [0.05, 0.1) is 0 Å². The zero-order valence-electron chi connectivity index (χ0n) is 14.1. The molecule has 1 saturated heterocycles. The Labute approximate surface area is 145 Å². The van der Waals surface area contributed by atoms with Crippen molar-refractivity contribution in [1.29, 1.82) is 0 Å². The van der Waals surface area contributed by atoms with Gasteiger partial charge in [0.2, 0.25) is 0 Å². The third-order valence-electron chi connectivity index (χ3n) is 4.63. The zero-order chi connectivity index (χ0) is 18.0. The lowest BCUT2D eigenvalue weighted by molar-refractivity contribution is 0.0724. The summed E-state index contributed by atoms with van der Waals surface area (Å²) in [7, 11) is 0. The molecule has 3 rings (SSSR count). The van der Waals surface area contributed by atoms with Crippen LogP contribution in [0, 0.1) is 6.92 Å². The molecule has 0 atom stereocenters. The number of rotatable bonds is 2. The monoisotopic (exact) mass is 340 g/mol. The van der Waals surface area contributed by atoms with E-state index in [0.717, 1.165) is 31.5 Å². The summed E-state index contributed by atoms with van der Waals surface area (Å²) in [5.74, 6) is 0.0317. The van der Waals surface area contributed by atoms with E-state index in [9.17, 15) is 14.4 Å². The van der Waals surface area contributed by atoms with Crippen LogP contribution in [0.3, 0.4) is 0 Å². The number of nitrogens with zero attached hydrogens (tertiary/aromatic N) is 2. The molecule has 1 fully saturated rings. The van der Waals surface area contributed by atoms with Crippen LogP contribution in [0.4, 0.5) is 4.79 Å². The molecule has 0 bridgehead atoms. The van der Waals surface area contributed by atoms with Crippen molar-refractivity contribution in [3.05, 3.63) is 58.0 Å². The van der Waals surface area contributed by atoms with Crippen molar-refractivity contribution in [2.75, 3.05) is 13.1 Å². The molecule has 1 amide bonds. The Morgan fingerprint density at radius 1 is 1.00 bits per heavy atom. The lowest BCUT2D eigenvalue weighted by atomic mass is 10.0. The first-order chi connectivity index (χ1) is 12.0. The molecule has 25 heavy (non-hydrogen) atoms. The SMILES string of the molecule is Cc1c(-c2ccc(C(=O)N3CCCCC3)cc2)ccn(C(=O)O)c1=O. The fraction of sp³-hybridized carbons (Fsp3) is 0.316. The lowest BCUT2D eigenvalue weighted by Crippen LogP contribution is -2.35. The van der Waals surface area contributed by atoms with Crippen molar-refractivity contribution >= 4 is 12.0 Å². The lowest BCUT2D eigenvalue weighted by Gasteiger charge is -2.26. The number of piperidine rings is 1. The van der Waals surface area contributed by atoms with Gasteiger partial charge >= 0.3 is 6.09 Å². The third-order valence-corrected chi connectivity index (χ3v) is 4.63. The van der Waals surface area contributed by atoms with Crippen molar-refractivity contribution in [2.45, 2.75) is 26.2 Å². The molecular weight excluding hydrogens is 320 g/mol. The van der Waals surface area contributed by atoms with E-state index in [-0.39, 0.29) is 5.91 Å². The zero-order valence-corrected chi connectivity index (χ0v) is 14.1. The van der Waals surface area contributed by atoms with Gasteiger partial charge in [-0.25, -0.2) is 9.36 Å². The topological polar surface area (TPSA) is 79.6 Å². The second-order valence-electron chi connectivity index (χ2n) is 6.24. The highest BCUT2D eigenvalue weighted by molar-refractivity contribution is 5.94. The Kier molecular flexibility index (Phi) is 4.70. The molecule has 1 aromatic heterocycles. The van der Waals surface area contributed by atoms with E-state index in [4.69, 9.17) is 5.11 Å². The van der Waals surface area contributed by atoms with Crippen LogP contribution in [0.5, 0.6) is 0 Å². The maximum Gasteiger partial charge on any atom is 0.418 e. The van der Waals surface area contributed by atoms with Crippen LogP contribution in [-0.2, 0) is 0 Å². The Morgan fingerprint density at radius 2 is 1.64 bits per heavy atom. The molecule has 1 N–H and O–H groups in total. The number of aromatic nitrogens is 1. The van der Waals surface area contributed by atoms with Crippen LogP contribution in [-0.4, -0.2) is 39.7 Å². The van der Waals surface area contributed by atoms with Crippen LogP contribution in [0.25, 0.3) is 11.1 Å². The Morgan fingerprint density at radius 3 is 2.24 bits per heavy atom. The average molecular weight is 340 g/mol. The Bertz CT molecular complexity index is 862. The van der Waals surface area contributed by atoms with E-state index < -0.39 is 11.7 Å². The number of carbonyl (C=O) groups excluding carboxylic acids is 1. The minimum atomic E-state index is -1.30. The first kappa shape index (κ1) is 17.0. The minimum Gasteiger partial charge on any atom is -0.464 e. The highest BCUT2D eigenvalue weighted by Crippen LogP contribution is 2.22. The van der Waals surface area contributed by atoms with Gasteiger partial charge in [0.25, 0.3) is 11.5 Å². The number of amides is 1. The molecule has 1 aromatic carbocycles. The molecule has 0 radical (unpaired) electrons. The van der Waals surface area contributed by atoms with Crippen LogP contribution in [0.2, 0.25) is 0 Å². The van der Waals surface area contributed by atoms with Gasteiger partial charge in [-0.05, 0) is 55.5 Å². The summed E-state index contributed by atoms with van der Waals surface area (Å²) in [5.41, 5.74) is 1.88. The van der Waals surface area contributed by atoms with E-state index >= 15 is 0 Å². The Hall–Kier alpha value is -2.89. The second kappa shape index (κ2) is 6.93. The number of carboxylic acid groups (broad SMARTS) is 1. The smallest absolute Gasteiger partial charge is 0.418 e. The molecule has 130 valence electrons. The summed E-state index contributed by atoms with van der Waals surface area (Å²) in [6.45, 7) is 3.20. The average Bonchev–Trinajstić information content (AvgIpc) is 2.64. The van der Waals surface area contributed by atoms with Gasteiger partial charge in [-0.15, -0.1) is 0 Å².